The van der Waals surface area contributed by atoms with Gasteiger partial charge < -0.3 is 15.2 Å². The number of hydrogen-bond donors (Lipinski definition) is 2. The Balaban J connectivity index is 2.13. The van der Waals surface area contributed by atoms with Gasteiger partial charge in [-0.15, -0.1) is 0 Å². The lowest BCUT2D eigenvalue weighted by Crippen LogP contribution is -2.33. The van der Waals surface area contributed by atoms with E-state index in [1.165, 1.54) is 0 Å². The first-order valence-corrected chi connectivity index (χ1v) is 5.36. The Labute approximate surface area is 84.6 Å². The van der Waals surface area contributed by atoms with Crippen molar-refractivity contribution < 1.29 is 14.6 Å². The molecule has 0 spiro atoms. The van der Waals surface area contributed by atoms with Gasteiger partial charge in [0.25, 0.3) is 0 Å². The minimum absolute atomic E-state index is 0.295. The third-order valence-corrected chi connectivity index (χ3v) is 2.48. The Morgan fingerprint density at radius 1 is 1.57 bits per heavy atom. The maximum atomic E-state index is 11.2. The molecule has 1 rings (SSSR count). The predicted molar refractivity (Wildman–Crippen MR) is 53.0 cm³/mol. The number of hydrogen-bond acceptors (Lipinski definition) is 3. The molecule has 0 aromatic carbocycles. The zero-order valence-corrected chi connectivity index (χ0v) is 8.66. The molecule has 1 amide bonds. The molecule has 1 aliphatic carbocycles. The Hall–Kier alpha value is -0.770. The van der Waals surface area contributed by atoms with Crippen LogP contribution in [-0.4, -0.2) is 30.0 Å². The first-order chi connectivity index (χ1) is 6.74. The summed E-state index contributed by atoms with van der Waals surface area (Å²) in [6.07, 6.45) is 3.31. The highest BCUT2D eigenvalue weighted by atomic mass is 16.6. The Bertz CT molecular complexity index is 184. The van der Waals surface area contributed by atoms with Gasteiger partial charge in [0, 0.05) is 6.54 Å². The minimum atomic E-state index is -0.466. The van der Waals surface area contributed by atoms with Crippen LogP contribution in [0.15, 0.2) is 0 Å². The number of aliphatic hydroxyl groups is 1. The highest BCUT2D eigenvalue weighted by Gasteiger charge is 2.28. The highest BCUT2D eigenvalue weighted by Crippen LogP contribution is 2.21. The quantitative estimate of drug-likeness (QED) is 0.676. The average molecular weight is 201 g/mol. The molecule has 0 aliphatic heterocycles. The molecular weight excluding hydrogens is 182 g/mol. The van der Waals surface area contributed by atoms with E-state index >= 15 is 0 Å². The van der Waals surface area contributed by atoms with E-state index in [2.05, 4.69) is 12.2 Å². The summed E-state index contributed by atoms with van der Waals surface area (Å²) >= 11 is 0. The van der Waals surface area contributed by atoms with Crippen molar-refractivity contribution in [2.45, 2.75) is 51.2 Å². The fraction of sp³-hybridized carbons (Fsp3) is 0.900. The van der Waals surface area contributed by atoms with Crippen molar-refractivity contribution in [1.82, 2.24) is 5.32 Å². The molecule has 1 aliphatic rings. The maximum Gasteiger partial charge on any atom is 0.407 e. The van der Waals surface area contributed by atoms with Gasteiger partial charge in [0.1, 0.15) is 6.10 Å². The number of rotatable bonds is 4. The van der Waals surface area contributed by atoms with Gasteiger partial charge in [-0.1, -0.05) is 13.3 Å². The van der Waals surface area contributed by atoms with Crippen LogP contribution in [0.25, 0.3) is 0 Å². The second-order valence-corrected chi connectivity index (χ2v) is 3.72. The Morgan fingerprint density at radius 2 is 2.36 bits per heavy atom. The fourth-order valence-electron chi connectivity index (χ4n) is 1.59. The topological polar surface area (TPSA) is 58.6 Å². The van der Waals surface area contributed by atoms with Gasteiger partial charge in [-0.3, -0.25) is 0 Å². The van der Waals surface area contributed by atoms with E-state index in [-0.39, 0.29) is 6.10 Å². The van der Waals surface area contributed by atoms with Gasteiger partial charge in [0.15, 0.2) is 0 Å². The van der Waals surface area contributed by atoms with Crippen LogP contribution in [0.4, 0.5) is 4.79 Å². The fourth-order valence-corrected chi connectivity index (χ4v) is 1.59. The molecule has 4 nitrogen and oxygen atoms in total. The molecule has 1 saturated carbocycles. The van der Waals surface area contributed by atoms with Gasteiger partial charge in [-0.05, 0) is 25.7 Å². The monoisotopic (exact) mass is 201 g/mol. The highest BCUT2D eigenvalue weighted by molar-refractivity contribution is 5.67. The number of carbonyl (C=O) groups is 1. The summed E-state index contributed by atoms with van der Waals surface area (Å²) in [5.74, 6) is 0. The lowest BCUT2D eigenvalue weighted by atomic mass is 10.3. The smallest absolute Gasteiger partial charge is 0.407 e. The van der Waals surface area contributed by atoms with E-state index in [0.29, 0.717) is 6.54 Å². The molecule has 0 radical (unpaired) electrons. The lowest BCUT2D eigenvalue weighted by Gasteiger charge is -2.15. The summed E-state index contributed by atoms with van der Waals surface area (Å²) in [6.45, 7) is 2.71. The normalized spacial score (nSPS) is 26.1. The Morgan fingerprint density at radius 3 is 2.93 bits per heavy atom. The van der Waals surface area contributed by atoms with Gasteiger partial charge in [-0.25, -0.2) is 4.79 Å². The molecule has 0 heterocycles. The summed E-state index contributed by atoms with van der Waals surface area (Å²) in [6, 6.07) is 0. The average Bonchev–Trinajstić information content (AvgIpc) is 2.52. The summed E-state index contributed by atoms with van der Waals surface area (Å²) in [4.78, 5) is 11.2. The SMILES string of the molecule is CCCCNC(=O)O[C@@H]1CCC[C@@H]1O. The number of ether oxygens (including phenoxy) is 1. The number of carbonyl (C=O) groups excluding carboxylic acids is 1. The second-order valence-electron chi connectivity index (χ2n) is 3.72. The zero-order valence-electron chi connectivity index (χ0n) is 8.66. The summed E-state index contributed by atoms with van der Waals surface area (Å²) in [5, 5.41) is 12.1. The lowest BCUT2D eigenvalue weighted by molar-refractivity contribution is 0.0224. The third kappa shape index (κ3) is 3.54. The minimum Gasteiger partial charge on any atom is -0.443 e. The summed E-state index contributed by atoms with van der Waals surface area (Å²) in [7, 11) is 0. The summed E-state index contributed by atoms with van der Waals surface area (Å²) < 4.78 is 5.07. The van der Waals surface area contributed by atoms with Crippen molar-refractivity contribution in [2.24, 2.45) is 0 Å². The van der Waals surface area contributed by atoms with Gasteiger partial charge in [0.2, 0.25) is 0 Å². The molecule has 2 atom stereocenters. The van der Waals surface area contributed by atoms with Gasteiger partial charge >= 0.3 is 6.09 Å². The van der Waals surface area contributed by atoms with Crippen LogP contribution in [0.2, 0.25) is 0 Å². The van der Waals surface area contributed by atoms with Crippen LogP contribution < -0.4 is 5.32 Å². The van der Waals surface area contributed by atoms with Crippen LogP contribution >= 0.6 is 0 Å². The van der Waals surface area contributed by atoms with Crippen LogP contribution in [0.1, 0.15) is 39.0 Å². The molecule has 14 heavy (non-hydrogen) atoms. The number of amides is 1. The second kappa shape index (κ2) is 5.86. The first-order valence-electron chi connectivity index (χ1n) is 5.36. The van der Waals surface area contributed by atoms with E-state index < -0.39 is 12.2 Å². The largest absolute Gasteiger partial charge is 0.443 e. The van der Waals surface area contributed by atoms with Crippen molar-refractivity contribution in [3.8, 4) is 0 Å². The van der Waals surface area contributed by atoms with Crippen molar-refractivity contribution in [1.29, 1.82) is 0 Å². The maximum absolute atomic E-state index is 11.2. The van der Waals surface area contributed by atoms with Crippen molar-refractivity contribution in [3.63, 3.8) is 0 Å². The molecule has 0 bridgehead atoms. The van der Waals surface area contributed by atoms with Crippen LogP contribution in [0.5, 0.6) is 0 Å². The molecule has 82 valence electrons. The number of nitrogens with one attached hydrogen (secondary N) is 1. The van der Waals surface area contributed by atoms with Crippen LogP contribution in [-0.2, 0) is 4.74 Å². The Kier molecular flexibility index (Phi) is 4.73. The molecule has 0 aromatic rings. The van der Waals surface area contributed by atoms with Crippen LogP contribution in [0, 0.1) is 0 Å². The van der Waals surface area contributed by atoms with E-state index in [4.69, 9.17) is 4.74 Å². The standard InChI is InChI=1S/C10H19NO3/c1-2-3-7-11-10(13)14-9-6-4-5-8(9)12/h8-9,12H,2-7H2,1H3,(H,11,13)/t8-,9+/m0/s1. The molecule has 0 unspecified atom stereocenters. The predicted octanol–water partition coefficient (Wildman–Crippen LogP) is 1.43. The summed E-state index contributed by atoms with van der Waals surface area (Å²) in [5.41, 5.74) is 0. The molecular formula is C10H19NO3. The molecule has 0 aromatic heterocycles. The number of unbranched alkanes of at least 4 members (excludes halogenated alkanes) is 1. The van der Waals surface area contributed by atoms with E-state index in [0.717, 1.165) is 32.1 Å². The van der Waals surface area contributed by atoms with E-state index in [9.17, 15) is 9.90 Å². The third-order valence-electron chi connectivity index (χ3n) is 2.48. The van der Waals surface area contributed by atoms with E-state index in [1.54, 1.807) is 0 Å². The number of alkyl carbamates (subject to hydrolysis) is 1. The van der Waals surface area contributed by atoms with Gasteiger partial charge in [-0.2, -0.15) is 0 Å². The molecule has 0 saturated heterocycles. The van der Waals surface area contributed by atoms with Crippen molar-refractivity contribution in [2.75, 3.05) is 6.54 Å². The molecule has 4 heteroatoms. The van der Waals surface area contributed by atoms with Gasteiger partial charge in [0.05, 0.1) is 6.10 Å². The molecule has 1 fully saturated rings. The van der Waals surface area contributed by atoms with Crippen LogP contribution in [0.3, 0.4) is 0 Å². The zero-order chi connectivity index (χ0) is 10.4. The van der Waals surface area contributed by atoms with Crippen molar-refractivity contribution in [3.05, 3.63) is 0 Å². The van der Waals surface area contributed by atoms with E-state index in [1.807, 2.05) is 0 Å². The molecule has 2 N–H and O–H groups in total. The number of aliphatic hydroxyl groups excluding tert-OH is 1. The first kappa shape index (κ1) is 11.3. The van der Waals surface area contributed by atoms with Crippen molar-refractivity contribution >= 4 is 6.09 Å².